The van der Waals surface area contributed by atoms with E-state index in [2.05, 4.69) is 41.9 Å². The van der Waals surface area contributed by atoms with Gasteiger partial charge in [-0.05, 0) is 57.9 Å². The number of nitrogens with zero attached hydrogens (tertiary/aromatic N) is 4. The third-order valence-electron chi connectivity index (χ3n) is 4.00. The Balaban J connectivity index is 0.00000114. The third kappa shape index (κ3) is 6.71. The van der Waals surface area contributed by atoms with Crippen molar-refractivity contribution in [3.05, 3.63) is 52.3 Å². The molecule has 146 valence electrons. The van der Waals surface area contributed by atoms with Gasteiger partial charge in [-0.25, -0.2) is 4.40 Å². The first-order chi connectivity index (χ1) is 12.8. The molecule has 0 amide bonds. The quantitative estimate of drug-likeness (QED) is 0.227. The predicted molar refractivity (Wildman–Crippen MR) is 115 cm³/mol. The molecule has 0 atom stereocenters. The van der Waals surface area contributed by atoms with Gasteiger partial charge in [-0.3, -0.25) is 4.99 Å². The Morgan fingerprint density at radius 2 is 1.56 bits per heavy atom. The molecule has 0 aliphatic heterocycles. The van der Waals surface area contributed by atoms with Crippen LogP contribution in [0.25, 0.3) is 0 Å². The fraction of sp³-hybridized carbons (Fsp3) is 0.316. The molecule has 0 unspecified atom stereocenters. The van der Waals surface area contributed by atoms with Gasteiger partial charge in [0.15, 0.2) is 5.40 Å². The van der Waals surface area contributed by atoms with Crippen molar-refractivity contribution in [1.29, 1.82) is 5.26 Å². The summed E-state index contributed by atoms with van der Waals surface area (Å²) in [5.41, 5.74) is 8.47. The summed E-state index contributed by atoms with van der Waals surface area (Å²) in [5, 5.41) is 10.6. The summed E-state index contributed by atoms with van der Waals surface area (Å²) in [6, 6.07) is 8.37. The van der Waals surface area contributed by atoms with Crippen molar-refractivity contribution in [1.82, 2.24) is 4.57 Å². The Kier molecular flexibility index (Phi) is 10.2. The van der Waals surface area contributed by atoms with Crippen molar-refractivity contribution in [3.63, 3.8) is 0 Å². The van der Waals surface area contributed by atoms with Gasteiger partial charge in [0.1, 0.15) is 0 Å². The molecule has 0 bridgehead atoms. The predicted octanol–water partition coefficient (Wildman–Crippen LogP) is 6.41. The molecule has 1 heterocycles. The van der Waals surface area contributed by atoms with Crippen LogP contribution in [0, 0.1) is 31.4 Å². The van der Waals surface area contributed by atoms with Crippen LogP contribution in [0.15, 0.2) is 33.7 Å². The molecule has 1 aromatic heterocycles. The molecule has 0 aliphatic carbocycles. The number of halogens is 2. The van der Waals surface area contributed by atoms with Gasteiger partial charge in [0, 0.05) is 7.05 Å². The molecule has 0 fully saturated rings. The van der Waals surface area contributed by atoms with Gasteiger partial charge < -0.3 is 4.57 Å². The van der Waals surface area contributed by atoms with Gasteiger partial charge in [0.2, 0.25) is 0 Å². The summed E-state index contributed by atoms with van der Waals surface area (Å²) in [6.07, 6.45) is 0. The number of hydrogen-bond acceptors (Lipinski definition) is 4. The Hall–Kier alpha value is -1.22. The standard InChI is InChI=1S/C19H22N4S.2ClH.Fe/c1-12-9-13(2)19(14(3)10-12)21-15(4)17-7-8-18(23(17)6)16(5)22-24-11-20;;;/h7-10H,1-6H3;2*1H;/q;;;+2/p-2/b21-15?,22-16+;;;. The number of thiocyanates is 1. The van der Waals surface area contributed by atoms with Crippen LogP contribution in [0.2, 0.25) is 0 Å². The zero-order valence-corrected chi connectivity index (χ0v) is 19.5. The van der Waals surface area contributed by atoms with E-state index in [9.17, 15) is 0 Å². The fourth-order valence-electron chi connectivity index (χ4n) is 2.95. The minimum atomic E-state index is 0.194. The fourth-order valence-corrected chi connectivity index (χ4v) is 3.22. The number of aromatic nitrogens is 1. The first kappa shape index (κ1) is 23.8. The molecule has 0 radical (unpaired) electrons. The third-order valence-corrected chi connectivity index (χ3v) is 4.45. The molecule has 8 heteroatoms. The van der Waals surface area contributed by atoms with Crippen LogP contribution in [-0.2, 0) is 20.2 Å². The van der Waals surface area contributed by atoms with Crippen molar-refractivity contribution >= 4 is 49.3 Å². The molecule has 0 aliphatic rings. The number of nitriles is 1. The van der Waals surface area contributed by atoms with E-state index in [0.29, 0.717) is 0 Å². The van der Waals surface area contributed by atoms with Crippen LogP contribution in [0.5, 0.6) is 0 Å². The van der Waals surface area contributed by atoms with Gasteiger partial charge in [0.05, 0.1) is 40.4 Å². The summed E-state index contributed by atoms with van der Waals surface area (Å²) >= 11 is 1.09. The maximum atomic E-state index is 8.64. The SMILES string of the molecule is CC(=Nc1c(C)cc(C)cc1C)c1ccc(/C(C)=N/SC#N)n1C.[Cl][Fe][Cl]. The molecular formula is C19H22Cl2FeN4S. The molecule has 2 rings (SSSR count). The Bertz CT molecular complexity index is 875. The number of aliphatic imine (C=N–C) groups is 1. The normalized spacial score (nSPS) is 11.8. The van der Waals surface area contributed by atoms with E-state index in [0.717, 1.165) is 40.4 Å². The average molecular weight is 465 g/mol. The van der Waals surface area contributed by atoms with E-state index in [-0.39, 0.29) is 13.1 Å². The second-order valence-electron chi connectivity index (χ2n) is 6.02. The van der Waals surface area contributed by atoms with Crippen LogP contribution in [-0.4, -0.2) is 16.0 Å². The maximum absolute atomic E-state index is 8.64. The van der Waals surface area contributed by atoms with E-state index in [1.165, 1.54) is 16.7 Å². The second kappa shape index (κ2) is 11.6. The second-order valence-corrected chi connectivity index (χ2v) is 8.39. The van der Waals surface area contributed by atoms with Crippen molar-refractivity contribution in [2.75, 3.05) is 0 Å². The van der Waals surface area contributed by atoms with Gasteiger partial charge in [0.25, 0.3) is 0 Å². The van der Waals surface area contributed by atoms with Gasteiger partial charge in [-0.1, -0.05) is 17.7 Å². The molecule has 2 aromatic rings. The monoisotopic (exact) mass is 464 g/mol. The average Bonchev–Trinajstić information content (AvgIpc) is 2.98. The molecule has 1 aromatic carbocycles. The van der Waals surface area contributed by atoms with Crippen molar-refractivity contribution in [3.8, 4) is 5.40 Å². The number of benzene rings is 1. The van der Waals surface area contributed by atoms with Crippen LogP contribution >= 0.6 is 32.1 Å². The number of rotatable bonds is 4. The van der Waals surface area contributed by atoms with Crippen LogP contribution in [0.1, 0.15) is 41.9 Å². The van der Waals surface area contributed by atoms with Crippen molar-refractivity contribution in [2.24, 2.45) is 16.4 Å². The first-order valence-electron chi connectivity index (χ1n) is 8.01. The zero-order chi connectivity index (χ0) is 20.6. The summed E-state index contributed by atoms with van der Waals surface area (Å²) in [6.45, 7) is 10.2. The summed E-state index contributed by atoms with van der Waals surface area (Å²) in [4.78, 5) is 4.86. The van der Waals surface area contributed by atoms with Crippen LogP contribution in [0.4, 0.5) is 5.69 Å². The van der Waals surface area contributed by atoms with E-state index in [4.69, 9.17) is 30.5 Å². The van der Waals surface area contributed by atoms with E-state index in [1.807, 2.05) is 38.4 Å². The molecule has 4 nitrogen and oxygen atoms in total. The van der Waals surface area contributed by atoms with Gasteiger partial charge >= 0.3 is 33.3 Å². The van der Waals surface area contributed by atoms with Crippen LogP contribution < -0.4 is 0 Å². The number of hydrogen-bond donors (Lipinski definition) is 0. The molecular weight excluding hydrogens is 443 g/mol. The van der Waals surface area contributed by atoms with E-state index < -0.39 is 0 Å². The van der Waals surface area contributed by atoms with E-state index >= 15 is 0 Å². The molecule has 0 saturated carbocycles. The van der Waals surface area contributed by atoms with Crippen molar-refractivity contribution in [2.45, 2.75) is 34.6 Å². The molecule has 0 saturated heterocycles. The summed E-state index contributed by atoms with van der Waals surface area (Å²) < 4.78 is 6.24. The van der Waals surface area contributed by atoms with Crippen LogP contribution in [0.3, 0.4) is 0 Å². The van der Waals surface area contributed by atoms with Gasteiger partial charge in [-0.2, -0.15) is 5.26 Å². The summed E-state index contributed by atoms with van der Waals surface area (Å²) in [5.74, 6) is 0. The molecule has 0 N–H and O–H groups in total. The zero-order valence-electron chi connectivity index (χ0n) is 16.1. The topological polar surface area (TPSA) is 53.4 Å². The first-order valence-corrected chi connectivity index (χ1v) is 11.8. The van der Waals surface area contributed by atoms with E-state index in [1.54, 1.807) is 0 Å². The Labute approximate surface area is 180 Å². The van der Waals surface area contributed by atoms with Crippen molar-refractivity contribution < 1.29 is 13.1 Å². The number of aryl methyl sites for hydroxylation is 3. The minimum absolute atomic E-state index is 0.194. The summed E-state index contributed by atoms with van der Waals surface area (Å²) in [7, 11) is 11.5. The van der Waals surface area contributed by atoms with Gasteiger partial charge in [-0.15, -0.1) is 0 Å². The molecule has 0 spiro atoms. The Morgan fingerprint density at radius 3 is 2.04 bits per heavy atom. The Morgan fingerprint density at radius 1 is 1.07 bits per heavy atom. The molecule has 27 heavy (non-hydrogen) atoms.